The number of hydrogen-bond acceptors (Lipinski definition) is 5. The maximum absolute atomic E-state index is 11.3. The van der Waals surface area contributed by atoms with Gasteiger partial charge in [-0.2, -0.15) is 0 Å². The number of carbonyl (C=O) groups excluding carboxylic acids is 2. The van der Waals surface area contributed by atoms with E-state index in [0.717, 1.165) is 6.42 Å². The first-order valence-corrected chi connectivity index (χ1v) is 7.07. The Hall–Kier alpha value is -2.40. The van der Waals surface area contributed by atoms with Crippen LogP contribution in [0.2, 0.25) is 0 Å². The second-order valence-corrected chi connectivity index (χ2v) is 4.48. The summed E-state index contributed by atoms with van der Waals surface area (Å²) in [6.45, 7) is 1.52. The minimum Gasteiger partial charge on any atom is -0.434 e. The Morgan fingerprint density at radius 3 is 2.41 bits per heavy atom. The Morgan fingerprint density at radius 1 is 1.14 bits per heavy atom. The molecule has 0 aliphatic heterocycles. The fraction of sp³-hybridized carbons (Fsp3) is 0.529. The van der Waals surface area contributed by atoms with Crippen LogP contribution in [0.4, 0.5) is 4.79 Å². The van der Waals surface area contributed by atoms with Crippen LogP contribution in [0.15, 0.2) is 12.2 Å². The zero-order valence-corrected chi connectivity index (χ0v) is 12.9. The number of esters is 1. The first-order chi connectivity index (χ1) is 10.6. The van der Waals surface area contributed by atoms with E-state index < -0.39 is 18.9 Å². The van der Waals surface area contributed by atoms with Gasteiger partial charge >= 0.3 is 12.1 Å². The van der Waals surface area contributed by atoms with Crippen molar-refractivity contribution in [2.24, 2.45) is 5.92 Å². The summed E-state index contributed by atoms with van der Waals surface area (Å²) in [6, 6.07) is 0. The molecule has 0 aliphatic rings. The topological polar surface area (TPSA) is 61.8 Å². The summed E-state index contributed by atoms with van der Waals surface area (Å²) in [7, 11) is 0. The van der Waals surface area contributed by atoms with Crippen LogP contribution in [0.1, 0.15) is 39.0 Å². The molecule has 0 fully saturated rings. The third-order valence-electron chi connectivity index (χ3n) is 2.63. The van der Waals surface area contributed by atoms with Gasteiger partial charge in [0.1, 0.15) is 0 Å². The van der Waals surface area contributed by atoms with Crippen LogP contribution in [0, 0.1) is 30.6 Å². The maximum atomic E-state index is 11.3. The molecule has 0 N–H and O–H groups in total. The summed E-state index contributed by atoms with van der Waals surface area (Å²) in [6.07, 6.45) is 15.9. The molecule has 22 heavy (non-hydrogen) atoms. The van der Waals surface area contributed by atoms with E-state index >= 15 is 0 Å². The lowest BCUT2D eigenvalue weighted by atomic mass is 10.0. The van der Waals surface area contributed by atoms with Crippen LogP contribution in [0.5, 0.6) is 0 Å². The Bertz CT molecular complexity index is 423. The lowest BCUT2D eigenvalue weighted by Gasteiger charge is -2.11. The number of ether oxygens (including phenoxy) is 3. The standard InChI is InChI=1S/C17H22O5/c1-4-7-8-9-12-16(18)21-14-22-17(19)20-13-15(10-5-2)11-6-3/h2-4,7,15H,8-14H2,1H3/b7-4-. The van der Waals surface area contributed by atoms with Gasteiger partial charge in [-0.1, -0.05) is 12.2 Å². The van der Waals surface area contributed by atoms with Crippen molar-refractivity contribution in [2.75, 3.05) is 13.4 Å². The molecule has 0 aromatic heterocycles. The fourth-order valence-electron chi connectivity index (χ4n) is 1.50. The number of unbranched alkanes of at least 4 members (excludes halogenated alkanes) is 1. The van der Waals surface area contributed by atoms with Gasteiger partial charge in [-0.05, 0) is 19.8 Å². The van der Waals surface area contributed by atoms with Crippen molar-refractivity contribution in [1.82, 2.24) is 0 Å². The van der Waals surface area contributed by atoms with Crippen LogP contribution in [-0.4, -0.2) is 25.5 Å². The minimum absolute atomic E-state index is 0.0739. The number of hydrogen-bond donors (Lipinski definition) is 0. The molecule has 5 nitrogen and oxygen atoms in total. The Balaban J connectivity index is 3.74. The SMILES string of the molecule is C#CCC(CC#C)COC(=O)OCOC(=O)CCC/C=C\C. The van der Waals surface area contributed by atoms with Gasteiger partial charge < -0.3 is 14.2 Å². The molecule has 0 saturated heterocycles. The highest BCUT2D eigenvalue weighted by molar-refractivity contribution is 5.69. The number of terminal acetylenes is 2. The lowest BCUT2D eigenvalue weighted by Crippen LogP contribution is -2.17. The van der Waals surface area contributed by atoms with Crippen LogP contribution in [0.25, 0.3) is 0 Å². The quantitative estimate of drug-likeness (QED) is 0.204. The Kier molecular flexibility index (Phi) is 12.1. The van der Waals surface area contributed by atoms with E-state index in [0.29, 0.717) is 19.3 Å². The van der Waals surface area contributed by atoms with Gasteiger partial charge in [-0.15, -0.1) is 24.7 Å². The van der Waals surface area contributed by atoms with E-state index in [4.69, 9.17) is 22.3 Å². The van der Waals surface area contributed by atoms with E-state index in [9.17, 15) is 9.59 Å². The second kappa shape index (κ2) is 13.6. The summed E-state index contributed by atoms with van der Waals surface area (Å²) in [5.74, 6) is 4.40. The normalized spacial score (nSPS) is 10.0. The molecule has 0 rings (SSSR count). The zero-order chi connectivity index (χ0) is 16.6. The van der Waals surface area contributed by atoms with Crippen molar-refractivity contribution in [2.45, 2.75) is 39.0 Å². The Morgan fingerprint density at radius 2 is 1.82 bits per heavy atom. The predicted molar refractivity (Wildman–Crippen MR) is 82.4 cm³/mol. The fourth-order valence-corrected chi connectivity index (χ4v) is 1.50. The molecule has 0 radical (unpaired) electrons. The van der Waals surface area contributed by atoms with Crippen LogP contribution in [-0.2, 0) is 19.0 Å². The second-order valence-electron chi connectivity index (χ2n) is 4.48. The molecular weight excluding hydrogens is 284 g/mol. The molecule has 0 saturated carbocycles. The molecule has 5 heteroatoms. The third-order valence-corrected chi connectivity index (χ3v) is 2.63. The van der Waals surface area contributed by atoms with Crippen LogP contribution in [0.3, 0.4) is 0 Å². The van der Waals surface area contributed by atoms with E-state index in [1.54, 1.807) is 0 Å². The van der Waals surface area contributed by atoms with Crippen LogP contribution < -0.4 is 0 Å². The molecule has 0 amide bonds. The molecule has 0 atom stereocenters. The third kappa shape index (κ3) is 11.4. The summed E-state index contributed by atoms with van der Waals surface area (Å²) in [4.78, 5) is 22.6. The zero-order valence-electron chi connectivity index (χ0n) is 12.9. The number of rotatable bonds is 10. The number of carbonyl (C=O) groups is 2. The van der Waals surface area contributed by atoms with Gasteiger partial charge in [0, 0.05) is 25.2 Å². The molecule has 0 heterocycles. The predicted octanol–water partition coefficient (Wildman–Crippen LogP) is 3.05. The number of allylic oxidation sites excluding steroid dienone is 2. The molecule has 120 valence electrons. The molecule has 0 unspecified atom stereocenters. The molecule has 0 aromatic rings. The van der Waals surface area contributed by atoms with Crippen molar-refractivity contribution in [3.63, 3.8) is 0 Å². The molecular formula is C17H22O5. The van der Waals surface area contributed by atoms with Crippen LogP contribution >= 0.6 is 0 Å². The Labute approximate surface area is 132 Å². The largest absolute Gasteiger partial charge is 0.511 e. The van der Waals surface area contributed by atoms with Gasteiger partial charge in [-0.3, -0.25) is 4.79 Å². The van der Waals surface area contributed by atoms with Gasteiger partial charge in [0.05, 0.1) is 6.61 Å². The summed E-state index contributed by atoms with van der Waals surface area (Å²) >= 11 is 0. The smallest absolute Gasteiger partial charge is 0.434 e. The van der Waals surface area contributed by atoms with E-state index in [1.165, 1.54) is 0 Å². The van der Waals surface area contributed by atoms with Crippen molar-refractivity contribution < 1.29 is 23.8 Å². The van der Waals surface area contributed by atoms with Gasteiger partial charge in [0.15, 0.2) is 0 Å². The minimum atomic E-state index is -0.916. The van der Waals surface area contributed by atoms with E-state index in [2.05, 4.69) is 16.6 Å². The highest BCUT2D eigenvalue weighted by atomic mass is 16.8. The van der Waals surface area contributed by atoms with Gasteiger partial charge in [-0.25, -0.2) is 4.79 Å². The average molecular weight is 306 g/mol. The maximum Gasteiger partial charge on any atom is 0.511 e. The highest BCUT2D eigenvalue weighted by Gasteiger charge is 2.12. The lowest BCUT2D eigenvalue weighted by molar-refractivity contribution is -0.153. The highest BCUT2D eigenvalue weighted by Crippen LogP contribution is 2.08. The summed E-state index contributed by atoms with van der Waals surface area (Å²) in [5.41, 5.74) is 0. The van der Waals surface area contributed by atoms with Crippen molar-refractivity contribution >= 4 is 12.1 Å². The molecule has 0 spiro atoms. The van der Waals surface area contributed by atoms with Crippen molar-refractivity contribution in [3.05, 3.63) is 12.2 Å². The van der Waals surface area contributed by atoms with Gasteiger partial charge in [0.2, 0.25) is 6.79 Å². The summed E-state index contributed by atoms with van der Waals surface area (Å²) < 4.78 is 14.2. The first kappa shape index (κ1) is 19.6. The van der Waals surface area contributed by atoms with E-state index in [1.807, 2.05) is 19.1 Å². The van der Waals surface area contributed by atoms with Crippen molar-refractivity contribution in [1.29, 1.82) is 0 Å². The molecule has 0 bridgehead atoms. The van der Waals surface area contributed by atoms with Gasteiger partial charge in [0.25, 0.3) is 0 Å². The molecule has 0 aliphatic carbocycles. The summed E-state index contributed by atoms with van der Waals surface area (Å²) in [5, 5.41) is 0. The first-order valence-electron chi connectivity index (χ1n) is 7.07. The van der Waals surface area contributed by atoms with E-state index in [-0.39, 0.29) is 18.9 Å². The molecule has 0 aromatic carbocycles. The van der Waals surface area contributed by atoms with Crippen molar-refractivity contribution in [3.8, 4) is 24.7 Å². The monoisotopic (exact) mass is 306 g/mol. The average Bonchev–Trinajstić information content (AvgIpc) is 2.50.